The summed E-state index contributed by atoms with van der Waals surface area (Å²) in [7, 11) is 0. The van der Waals surface area contributed by atoms with Crippen molar-refractivity contribution in [3.8, 4) is 0 Å². The van der Waals surface area contributed by atoms with E-state index in [1.165, 1.54) is 0 Å². The molecule has 7 nitrogen and oxygen atoms in total. The quantitative estimate of drug-likeness (QED) is 0.311. The maximum atomic E-state index is 12.2. The van der Waals surface area contributed by atoms with Crippen LogP contribution in [0.2, 0.25) is 0 Å². The largest absolute Gasteiger partial charge is 0.409 e. The highest BCUT2D eigenvalue weighted by atomic mass is 16.4. The number of aromatic nitrogens is 2. The summed E-state index contributed by atoms with van der Waals surface area (Å²) >= 11 is 0. The molecule has 7 heteroatoms. The number of oxime groups is 1. The lowest BCUT2D eigenvalue weighted by molar-refractivity contribution is 0.0932. The Morgan fingerprint density at radius 1 is 1.74 bits per heavy atom. The summed E-state index contributed by atoms with van der Waals surface area (Å²) in [6, 6.07) is 1.33. The summed E-state index contributed by atoms with van der Waals surface area (Å²) in [4.78, 5) is 12.2. The normalized spacial score (nSPS) is 17.3. The van der Waals surface area contributed by atoms with Crippen LogP contribution in [-0.2, 0) is 6.54 Å². The predicted molar refractivity (Wildman–Crippen MR) is 70.0 cm³/mol. The number of amidine groups is 1. The molecule has 1 atom stereocenters. The van der Waals surface area contributed by atoms with Crippen molar-refractivity contribution in [1.29, 1.82) is 0 Å². The average molecular weight is 265 g/mol. The van der Waals surface area contributed by atoms with E-state index in [0.29, 0.717) is 12.2 Å². The van der Waals surface area contributed by atoms with Crippen LogP contribution in [0.3, 0.4) is 0 Å². The Hall–Kier alpha value is -2.05. The van der Waals surface area contributed by atoms with Crippen LogP contribution in [0.1, 0.15) is 35.9 Å². The van der Waals surface area contributed by atoms with Gasteiger partial charge in [0.05, 0.1) is 11.7 Å². The molecule has 0 aliphatic heterocycles. The molecule has 0 radical (unpaired) electrons. The molecule has 1 aromatic rings. The van der Waals surface area contributed by atoms with E-state index < -0.39 is 6.04 Å². The molecule has 1 aromatic heterocycles. The number of nitrogens with zero attached hydrogens (tertiary/aromatic N) is 3. The third kappa shape index (κ3) is 2.86. The first kappa shape index (κ1) is 13.4. The van der Waals surface area contributed by atoms with Gasteiger partial charge in [0.1, 0.15) is 5.69 Å². The van der Waals surface area contributed by atoms with Gasteiger partial charge in [0, 0.05) is 6.54 Å². The van der Waals surface area contributed by atoms with Gasteiger partial charge >= 0.3 is 0 Å². The van der Waals surface area contributed by atoms with E-state index in [-0.39, 0.29) is 17.7 Å². The van der Waals surface area contributed by atoms with Gasteiger partial charge < -0.3 is 16.3 Å². The van der Waals surface area contributed by atoms with Gasteiger partial charge in [0.2, 0.25) is 0 Å². The standard InChI is InChI=1S/C12H19N5O2/c1-3-17-9(6-7(2)15-17)12(18)14-10(8-4-5-8)11(13)16-19/h6,8,10,19H,3-5H2,1-2H3,(H2,13,16)(H,14,18). The van der Waals surface area contributed by atoms with E-state index in [1.807, 2.05) is 13.8 Å². The summed E-state index contributed by atoms with van der Waals surface area (Å²) in [6.07, 6.45) is 1.96. The molecule has 2 rings (SSSR count). The molecule has 1 fully saturated rings. The van der Waals surface area contributed by atoms with E-state index in [9.17, 15) is 4.79 Å². The summed E-state index contributed by atoms with van der Waals surface area (Å²) in [6.45, 7) is 4.38. The van der Waals surface area contributed by atoms with Gasteiger partial charge in [-0.2, -0.15) is 5.10 Å². The Kier molecular flexibility index (Phi) is 3.73. The third-order valence-corrected chi connectivity index (χ3v) is 3.25. The van der Waals surface area contributed by atoms with Gasteiger partial charge in [-0.25, -0.2) is 0 Å². The number of rotatable bonds is 5. The number of hydrogen-bond donors (Lipinski definition) is 3. The summed E-state index contributed by atoms with van der Waals surface area (Å²) < 4.78 is 1.64. The van der Waals surface area contributed by atoms with Crippen LogP contribution < -0.4 is 11.1 Å². The molecule has 1 aliphatic rings. The first-order chi connectivity index (χ1) is 9.06. The second-order valence-corrected chi connectivity index (χ2v) is 4.80. The Morgan fingerprint density at radius 2 is 2.42 bits per heavy atom. The summed E-state index contributed by atoms with van der Waals surface area (Å²) in [5, 5.41) is 18.8. The van der Waals surface area contributed by atoms with E-state index in [4.69, 9.17) is 10.9 Å². The Morgan fingerprint density at radius 3 is 2.95 bits per heavy atom. The van der Waals surface area contributed by atoms with Gasteiger partial charge in [-0.05, 0) is 38.7 Å². The number of nitrogens with two attached hydrogens (primary N) is 1. The van der Waals surface area contributed by atoms with Crippen LogP contribution in [0.5, 0.6) is 0 Å². The van der Waals surface area contributed by atoms with E-state index in [1.54, 1.807) is 10.7 Å². The molecule has 104 valence electrons. The van der Waals surface area contributed by atoms with Crippen LogP contribution in [0.25, 0.3) is 0 Å². The minimum absolute atomic E-state index is 0.0511. The molecule has 1 amide bonds. The topological polar surface area (TPSA) is 106 Å². The van der Waals surface area contributed by atoms with Gasteiger partial charge in [-0.1, -0.05) is 5.16 Å². The first-order valence-corrected chi connectivity index (χ1v) is 6.39. The SMILES string of the molecule is CCn1nc(C)cc1C(=O)NC(C(N)=NO)C1CC1. The summed E-state index contributed by atoms with van der Waals surface area (Å²) in [5.74, 6) is 0.0695. The lowest BCUT2D eigenvalue weighted by Crippen LogP contribution is -2.46. The summed E-state index contributed by atoms with van der Waals surface area (Å²) in [5.41, 5.74) is 6.91. The highest BCUT2D eigenvalue weighted by Crippen LogP contribution is 2.32. The van der Waals surface area contributed by atoms with Gasteiger partial charge in [0.15, 0.2) is 5.84 Å². The fourth-order valence-electron chi connectivity index (χ4n) is 2.11. The number of aryl methyl sites for hydroxylation is 2. The van der Waals surface area contributed by atoms with Crippen LogP contribution >= 0.6 is 0 Å². The van der Waals surface area contributed by atoms with Gasteiger partial charge in [0.25, 0.3) is 5.91 Å². The van der Waals surface area contributed by atoms with E-state index in [0.717, 1.165) is 18.5 Å². The van der Waals surface area contributed by atoms with Crippen LogP contribution in [0.4, 0.5) is 0 Å². The Labute approximate surface area is 111 Å². The van der Waals surface area contributed by atoms with Crippen molar-refractivity contribution in [2.24, 2.45) is 16.8 Å². The third-order valence-electron chi connectivity index (χ3n) is 3.25. The fraction of sp³-hybridized carbons (Fsp3) is 0.583. The molecule has 1 saturated carbocycles. The highest BCUT2D eigenvalue weighted by molar-refractivity contribution is 5.97. The second kappa shape index (κ2) is 5.29. The molecule has 1 heterocycles. The van der Waals surface area contributed by atoms with Crippen molar-refractivity contribution in [1.82, 2.24) is 15.1 Å². The molecule has 0 aromatic carbocycles. The van der Waals surface area contributed by atoms with Crippen molar-refractivity contribution in [2.45, 2.75) is 39.3 Å². The Bertz CT molecular complexity index is 504. The minimum Gasteiger partial charge on any atom is -0.409 e. The smallest absolute Gasteiger partial charge is 0.270 e. The zero-order valence-electron chi connectivity index (χ0n) is 11.1. The molecule has 1 aliphatic carbocycles. The molecular formula is C12H19N5O2. The number of carbonyl (C=O) groups is 1. The zero-order chi connectivity index (χ0) is 14.0. The number of amides is 1. The monoisotopic (exact) mass is 265 g/mol. The molecule has 0 saturated heterocycles. The van der Waals surface area contributed by atoms with Crippen LogP contribution in [0, 0.1) is 12.8 Å². The molecule has 0 spiro atoms. The minimum atomic E-state index is -0.405. The molecule has 0 bridgehead atoms. The maximum absolute atomic E-state index is 12.2. The van der Waals surface area contributed by atoms with Gasteiger partial charge in [-0.3, -0.25) is 9.48 Å². The van der Waals surface area contributed by atoms with Crippen molar-refractivity contribution in [3.05, 3.63) is 17.5 Å². The van der Waals surface area contributed by atoms with E-state index >= 15 is 0 Å². The Balaban J connectivity index is 2.14. The molecular weight excluding hydrogens is 246 g/mol. The maximum Gasteiger partial charge on any atom is 0.270 e. The molecule has 4 N–H and O–H groups in total. The fourth-order valence-corrected chi connectivity index (χ4v) is 2.11. The number of hydrogen-bond acceptors (Lipinski definition) is 4. The molecule has 19 heavy (non-hydrogen) atoms. The van der Waals surface area contributed by atoms with E-state index in [2.05, 4.69) is 15.6 Å². The highest BCUT2D eigenvalue weighted by Gasteiger charge is 2.35. The first-order valence-electron chi connectivity index (χ1n) is 6.39. The van der Waals surface area contributed by atoms with Crippen molar-refractivity contribution < 1.29 is 10.0 Å². The lowest BCUT2D eigenvalue weighted by Gasteiger charge is -2.16. The van der Waals surface area contributed by atoms with Crippen molar-refractivity contribution in [3.63, 3.8) is 0 Å². The van der Waals surface area contributed by atoms with Crippen LogP contribution in [0.15, 0.2) is 11.2 Å². The number of carbonyl (C=O) groups excluding carboxylic acids is 1. The van der Waals surface area contributed by atoms with Crippen molar-refractivity contribution in [2.75, 3.05) is 0 Å². The van der Waals surface area contributed by atoms with Crippen LogP contribution in [-0.4, -0.2) is 32.8 Å². The van der Waals surface area contributed by atoms with Gasteiger partial charge in [-0.15, -0.1) is 0 Å². The number of nitrogens with one attached hydrogen (secondary N) is 1. The lowest BCUT2D eigenvalue weighted by atomic mass is 10.1. The molecule has 1 unspecified atom stereocenters. The average Bonchev–Trinajstić information content (AvgIpc) is 3.17. The second-order valence-electron chi connectivity index (χ2n) is 4.80. The zero-order valence-corrected chi connectivity index (χ0v) is 11.1. The predicted octanol–water partition coefficient (Wildman–Crippen LogP) is 0.466. The van der Waals surface area contributed by atoms with Crippen molar-refractivity contribution >= 4 is 11.7 Å².